The summed E-state index contributed by atoms with van der Waals surface area (Å²) in [5, 5.41) is 15.9. The predicted octanol–water partition coefficient (Wildman–Crippen LogP) is 2.93. The van der Waals surface area contributed by atoms with Gasteiger partial charge in [-0.25, -0.2) is 4.68 Å². The number of fused-ring (bicyclic) bond motifs is 1. The molecule has 0 radical (unpaired) electrons. The molecule has 0 aliphatic heterocycles. The molecule has 5 heteroatoms. The molecule has 5 nitrogen and oxygen atoms in total. The number of hydrogen-bond acceptors (Lipinski definition) is 3. The highest BCUT2D eigenvalue weighted by Crippen LogP contribution is 2.20. The maximum Gasteiger partial charge on any atom is 0.269 e. The molecule has 0 fully saturated rings. The fourth-order valence-electron chi connectivity index (χ4n) is 1.89. The highest BCUT2D eigenvalue weighted by molar-refractivity contribution is 5.80. The van der Waals surface area contributed by atoms with Crippen LogP contribution in [-0.2, 0) is 0 Å². The first-order valence-electron chi connectivity index (χ1n) is 5.43. The van der Waals surface area contributed by atoms with E-state index in [0.29, 0.717) is 0 Å². The number of hydrogen-bond donors (Lipinski definition) is 0. The van der Waals surface area contributed by atoms with Crippen molar-refractivity contribution in [1.29, 1.82) is 0 Å². The molecule has 1 aromatic heterocycles. The third-order valence-electron chi connectivity index (χ3n) is 2.78. The van der Waals surface area contributed by atoms with Crippen LogP contribution < -0.4 is 0 Å². The average molecular weight is 239 g/mol. The first-order chi connectivity index (χ1) is 8.75. The van der Waals surface area contributed by atoms with Crippen molar-refractivity contribution >= 4 is 16.6 Å². The Labute approximate surface area is 102 Å². The lowest BCUT2D eigenvalue weighted by atomic mass is 10.2. The Morgan fingerprint density at radius 3 is 2.50 bits per heavy atom. The van der Waals surface area contributed by atoms with E-state index in [1.165, 1.54) is 12.1 Å². The zero-order chi connectivity index (χ0) is 12.5. The summed E-state index contributed by atoms with van der Waals surface area (Å²) in [5.41, 5.74) is 1.86. The van der Waals surface area contributed by atoms with Crippen LogP contribution >= 0.6 is 0 Å². The van der Waals surface area contributed by atoms with Crippen molar-refractivity contribution in [3.8, 4) is 5.69 Å². The largest absolute Gasteiger partial charge is 0.269 e. The molecule has 0 atom stereocenters. The first kappa shape index (κ1) is 10.5. The summed E-state index contributed by atoms with van der Waals surface area (Å²) in [7, 11) is 0. The monoisotopic (exact) mass is 239 g/mol. The van der Waals surface area contributed by atoms with Crippen LogP contribution in [0.2, 0.25) is 0 Å². The lowest BCUT2D eigenvalue weighted by Crippen LogP contribution is -1.96. The molecule has 88 valence electrons. The topological polar surface area (TPSA) is 61.0 Å². The van der Waals surface area contributed by atoms with Crippen molar-refractivity contribution in [2.24, 2.45) is 0 Å². The minimum Gasteiger partial charge on any atom is -0.258 e. The van der Waals surface area contributed by atoms with E-state index in [0.717, 1.165) is 16.6 Å². The number of rotatable bonds is 2. The SMILES string of the molecule is O=[N+]([O-])c1ccc(-n2ncc3ccccc32)cc1. The summed E-state index contributed by atoms with van der Waals surface area (Å²) in [4.78, 5) is 10.2. The molecule has 0 bridgehead atoms. The molecule has 3 rings (SSSR count). The van der Waals surface area contributed by atoms with Crippen molar-refractivity contribution in [2.45, 2.75) is 0 Å². The third-order valence-corrected chi connectivity index (χ3v) is 2.78. The molecule has 0 aliphatic carbocycles. The molecule has 0 N–H and O–H groups in total. The highest BCUT2D eigenvalue weighted by atomic mass is 16.6. The maximum absolute atomic E-state index is 10.6. The zero-order valence-electron chi connectivity index (χ0n) is 9.35. The van der Waals surface area contributed by atoms with Gasteiger partial charge in [0.1, 0.15) is 0 Å². The Morgan fingerprint density at radius 1 is 1.06 bits per heavy atom. The van der Waals surface area contributed by atoms with Crippen molar-refractivity contribution in [3.63, 3.8) is 0 Å². The van der Waals surface area contributed by atoms with Crippen molar-refractivity contribution in [1.82, 2.24) is 9.78 Å². The van der Waals surface area contributed by atoms with Crippen molar-refractivity contribution in [3.05, 3.63) is 64.8 Å². The van der Waals surface area contributed by atoms with Gasteiger partial charge in [-0.1, -0.05) is 18.2 Å². The van der Waals surface area contributed by atoms with Gasteiger partial charge < -0.3 is 0 Å². The predicted molar refractivity (Wildman–Crippen MR) is 67.7 cm³/mol. The van der Waals surface area contributed by atoms with E-state index in [1.807, 2.05) is 24.3 Å². The van der Waals surface area contributed by atoms with Crippen LogP contribution in [-0.4, -0.2) is 14.7 Å². The first-order valence-corrected chi connectivity index (χ1v) is 5.43. The molecule has 0 saturated heterocycles. The average Bonchev–Trinajstić information content (AvgIpc) is 2.82. The van der Waals surface area contributed by atoms with Gasteiger partial charge in [0.2, 0.25) is 0 Å². The number of aromatic nitrogens is 2. The Hall–Kier alpha value is -2.69. The smallest absolute Gasteiger partial charge is 0.258 e. The van der Waals surface area contributed by atoms with E-state index >= 15 is 0 Å². The van der Waals surface area contributed by atoms with Gasteiger partial charge in [0.15, 0.2) is 0 Å². The summed E-state index contributed by atoms with van der Waals surface area (Å²) in [5.74, 6) is 0. The van der Waals surface area contributed by atoms with Crippen LogP contribution in [0, 0.1) is 10.1 Å². The summed E-state index contributed by atoms with van der Waals surface area (Å²) >= 11 is 0. The van der Waals surface area contributed by atoms with Gasteiger partial charge in [-0.15, -0.1) is 0 Å². The molecular formula is C13H9N3O2. The van der Waals surface area contributed by atoms with Crippen LogP contribution in [0.15, 0.2) is 54.7 Å². The second kappa shape index (κ2) is 3.96. The van der Waals surface area contributed by atoms with Crippen molar-refractivity contribution < 1.29 is 4.92 Å². The van der Waals surface area contributed by atoms with E-state index in [1.54, 1.807) is 23.0 Å². The summed E-state index contributed by atoms with van der Waals surface area (Å²) in [6.45, 7) is 0. The number of non-ortho nitro benzene ring substituents is 1. The minimum absolute atomic E-state index is 0.0789. The fraction of sp³-hybridized carbons (Fsp3) is 0. The molecule has 0 unspecified atom stereocenters. The Morgan fingerprint density at radius 2 is 1.78 bits per heavy atom. The molecule has 0 spiro atoms. The fourth-order valence-corrected chi connectivity index (χ4v) is 1.89. The Balaban J connectivity index is 2.12. The molecule has 1 heterocycles. The van der Waals surface area contributed by atoms with E-state index in [4.69, 9.17) is 0 Å². The van der Waals surface area contributed by atoms with E-state index in [9.17, 15) is 10.1 Å². The second-order valence-electron chi connectivity index (χ2n) is 3.89. The van der Waals surface area contributed by atoms with Crippen LogP contribution in [0.1, 0.15) is 0 Å². The minimum atomic E-state index is -0.412. The number of nitrogens with zero attached hydrogens (tertiary/aromatic N) is 3. The number of nitro benzene ring substituents is 1. The van der Waals surface area contributed by atoms with E-state index in [2.05, 4.69) is 5.10 Å². The second-order valence-corrected chi connectivity index (χ2v) is 3.89. The van der Waals surface area contributed by atoms with Gasteiger partial charge >= 0.3 is 0 Å². The summed E-state index contributed by atoms with van der Waals surface area (Å²) in [6.07, 6.45) is 1.77. The molecule has 0 saturated carbocycles. The Kier molecular flexibility index (Phi) is 2.30. The van der Waals surface area contributed by atoms with Crippen LogP contribution in [0.4, 0.5) is 5.69 Å². The molecule has 18 heavy (non-hydrogen) atoms. The lowest BCUT2D eigenvalue weighted by molar-refractivity contribution is -0.384. The van der Waals surface area contributed by atoms with Gasteiger partial charge in [0.25, 0.3) is 5.69 Å². The van der Waals surface area contributed by atoms with Gasteiger partial charge in [0.05, 0.1) is 22.3 Å². The van der Waals surface area contributed by atoms with Crippen molar-refractivity contribution in [2.75, 3.05) is 0 Å². The third kappa shape index (κ3) is 1.62. The van der Waals surface area contributed by atoms with Crippen LogP contribution in [0.5, 0.6) is 0 Å². The maximum atomic E-state index is 10.6. The number of nitro groups is 1. The molecule has 0 aliphatic rings. The van der Waals surface area contributed by atoms with E-state index < -0.39 is 4.92 Å². The van der Waals surface area contributed by atoms with Gasteiger partial charge in [-0.05, 0) is 18.2 Å². The van der Waals surface area contributed by atoms with Gasteiger partial charge in [-0.3, -0.25) is 10.1 Å². The van der Waals surface area contributed by atoms with Gasteiger partial charge in [0, 0.05) is 17.5 Å². The molecule has 0 amide bonds. The van der Waals surface area contributed by atoms with Crippen LogP contribution in [0.25, 0.3) is 16.6 Å². The number of benzene rings is 2. The van der Waals surface area contributed by atoms with Crippen LogP contribution in [0.3, 0.4) is 0 Å². The molecule has 2 aromatic carbocycles. The lowest BCUT2D eigenvalue weighted by Gasteiger charge is -2.02. The Bertz CT molecular complexity index is 716. The summed E-state index contributed by atoms with van der Waals surface area (Å²) < 4.78 is 1.76. The van der Waals surface area contributed by atoms with E-state index in [-0.39, 0.29) is 5.69 Å². The molecular weight excluding hydrogens is 230 g/mol. The quantitative estimate of drug-likeness (QED) is 0.510. The van der Waals surface area contributed by atoms with Gasteiger partial charge in [-0.2, -0.15) is 5.10 Å². The standard InChI is InChI=1S/C13H9N3O2/c17-16(18)12-7-5-11(6-8-12)15-13-4-2-1-3-10(13)9-14-15/h1-9H. The summed E-state index contributed by atoms with van der Waals surface area (Å²) in [6, 6.07) is 14.2. The zero-order valence-corrected chi connectivity index (χ0v) is 9.35. The normalized spacial score (nSPS) is 10.7. The highest BCUT2D eigenvalue weighted by Gasteiger charge is 2.07. The molecule has 3 aromatic rings. The number of para-hydroxylation sites is 1.